The molecule has 4 aromatic carbocycles. The smallest absolute Gasteiger partial charge is 0.331 e. The second-order valence-corrected chi connectivity index (χ2v) is 31.9. The van der Waals surface area contributed by atoms with Crippen molar-refractivity contribution in [2.24, 2.45) is 0 Å². The monoisotopic (exact) mass is 1030 g/mol. The Kier molecular flexibility index (Phi) is 22.5. The molecule has 0 radical (unpaired) electrons. The van der Waals surface area contributed by atoms with E-state index in [4.69, 9.17) is 37.3 Å². The van der Waals surface area contributed by atoms with Gasteiger partial charge >= 0.3 is 5.97 Å². The summed E-state index contributed by atoms with van der Waals surface area (Å²) in [5.41, 5.74) is 6.74. The van der Waals surface area contributed by atoms with Gasteiger partial charge in [0.05, 0.1) is 33.0 Å². The number of hydrogen-bond donors (Lipinski definition) is 1. The van der Waals surface area contributed by atoms with E-state index in [-0.39, 0.29) is 16.7 Å². The van der Waals surface area contributed by atoms with Gasteiger partial charge in [0.25, 0.3) is 0 Å². The highest BCUT2D eigenvalue weighted by Crippen LogP contribution is 2.41. The fourth-order valence-corrected chi connectivity index (χ4v) is 9.95. The molecule has 10 nitrogen and oxygen atoms in total. The Morgan fingerprint density at radius 3 is 1.64 bits per heavy atom. The first kappa shape index (κ1) is 59.2. The summed E-state index contributed by atoms with van der Waals surface area (Å²) in [5, 5.41) is 10.4. The van der Waals surface area contributed by atoms with Gasteiger partial charge in [0.1, 0.15) is 35.9 Å². The first-order chi connectivity index (χ1) is 34.6. The molecule has 1 aliphatic heterocycles. The van der Waals surface area contributed by atoms with Gasteiger partial charge < -0.3 is 42.4 Å². The molecule has 0 saturated carbocycles. The van der Waals surface area contributed by atoms with Crippen molar-refractivity contribution in [1.29, 1.82) is 0 Å². The van der Waals surface area contributed by atoms with E-state index in [0.29, 0.717) is 51.3 Å². The van der Waals surface area contributed by atoms with Gasteiger partial charge in [0.15, 0.2) is 6.29 Å². The summed E-state index contributed by atoms with van der Waals surface area (Å²) < 4.78 is 52.6. The Labute approximate surface area is 440 Å². The lowest BCUT2D eigenvalue weighted by atomic mass is 9.97. The van der Waals surface area contributed by atoms with Crippen LogP contribution in [0.3, 0.4) is 0 Å². The van der Waals surface area contributed by atoms with Gasteiger partial charge in [0.2, 0.25) is 16.6 Å². The normalized spacial score (nSPS) is 19.5. The van der Waals surface area contributed by atoms with E-state index in [0.717, 1.165) is 52.2 Å². The van der Waals surface area contributed by atoms with Crippen LogP contribution in [0.4, 0.5) is 0 Å². The largest absolute Gasteiger partial charge is 0.543 e. The molecule has 0 unspecified atom stereocenters. The fourth-order valence-electron chi connectivity index (χ4n) is 7.87. The van der Waals surface area contributed by atoms with Crippen molar-refractivity contribution in [3.63, 3.8) is 0 Å². The summed E-state index contributed by atoms with van der Waals surface area (Å²) in [6.45, 7) is 28.2. The van der Waals surface area contributed by atoms with Crippen LogP contribution in [-0.2, 0) is 59.5 Å². The van der Waals surface area contributed by atoms with Crippen molar-refractivity contribution in [3.05, 3.63) is 166 Å². The lowest BCUT2D eigenvalue weighted by molar-refractivity contribution is -0.322. The maximum atomic E-state index is 12.6. The van der Waals surface area contributed by atoms with Crippen LogP contribution in [0.2, 0.25) is 36.3 Å². The number of carboxylic acid groups (broad SMARTS) is 1. The van der Waals surface area contributed by atoms with Crippen molar-refractivity contribution in [2.45, 2.75) is 174 Å². The predicted molar refractivity (Wildman–Crippen MR) is 299 cm³/mol. The van der Waals surface area contributed by atoms with E-state index in [1.54, 1.807) is 7.11 Å². The quantitative estimate of drug-likeness (QED) is 0.0352. The number of allylic oxidation sites excluding steroid dienone is 4. The first-order valence-electron chi connectivity index (χ1n) is 26.0. The molecule has 5 rings (SSSR count). The minimum atomic E-state index is -2.17. The summed E-state index contributed by atoms with van der Waals surface area (Å²) in [7, 11) is -2.65. The Hall–Kier alpha value is -4.64. The second kappa shape index (κ2) is 27.8. The SMILES string of the molecule is CO[C@@H]1O[C@H](COC/C(C)=C/CC/C(C)=C/CCC(=CCc2cc(O[Si](C)(C)C(C)(C)C)ccc2O[Si](C)(C)C(C)(C)C)C(=O)O)[C@@H](OCc2ccccc2)[C@H](OCc2ccccc2)[C@H]1OCc1ccccc1. The molecule has 0 spiro atoms. The highest BCUT2D eigenvalue weighted by atomic mass is 28.4. The van der Waals surface area contributed by atoms with Crippen molar-refractivity contribution in [3.8, 4) is 11.5 Å². The summed E-state index contributed by atoms with van der Waals surface area (Å²) >= 11 is 0. The Balaban J connectivity index is 1.21. The van der Waals surface area contributed by atoms with Gasteiger partial charge in [-0.25, -0.2) is 4.79 Å². The molecular formula is C61H86O10Si2. The third kappa shape index (κ3) is 18.6. The second-order valence-electron chi connectivity index (χ2n) is 22.5. The topological polar surface area (TPSA) is 111 Å². The van der Waals surface area contributed by atoms with Crippen LogP contribution in [0.5, 0.6) is 11.5 Å². The third-order valence-corrected chi connectivity index (χ3v) is 23.2. The fraction of sp³-hybridized carbons (Fsp3) is 0.492. The molecular weight excluding hydrogens is 949 g/mol. The van der Waals surface area contributed by atoms with Gasteiger partial charge in [0, 0.05) is 18.2 Å². The van der Waals surface area contributed by atoms with Crippen LogP contribution in [0.15, 0.2) is 144 Å². The predicted octanol–water partition coefficient (Wildman–Crippen LogP) is 14.6. The van der Waals surface area contributed by atoms with Gasteiger partial charge in [-0.2, -0.15) is 0 Å². The van der Waals surface area contributed by atoms with Crippen LogP contribution in [0.1, 0.15) is 103 Å². The van der Waals surface area contributed by atoms with Crippen LogP contribution in [0.25, 0.3) is 0 Å². The zero-order valence-electron chi connectivity index (χ0n) is 46.2. The molecule has 1 heterocycles. The maximum absolute atomic E-state index is 12.6. The lowest BCUT2D eigenvalue weighted by Crippen LogP contribution is -2.61. The molecule has 1 fully saturated rings. The van der Waals surface area contributed by atoms with E-state index >= 15 is 0 Å². The van der Waals surface area contributed by atoms with Crippen LogP contribution >= 0.6 is 0 Å². The highest BCUT2D eigenvalue weighted by molar-refractivity contribution is 6.75. The van der Waals surface area contributed by atoms with E-state index in [1.165, 1.54) is 5.57 Å². The number of hydrogen-bond acceptors (Lipinski definition) is 9. The van der Waals surface area contributed by atoms with Crippen molar-refractivity contribution in [1.82, 2.24) is 0 Å². The van der Waals surface area contributed by atoms with E-state index in [2.05, 4.69) is 99.8 Å². The zero-order chi connectivity index (χ0) is 53.2. The van der Waals surface area contributed by atoms with Crippen LogP contribution in [-0.4, -0.2) is 78.7 Å². The highest BCUT2D eigenvalue weighted by Gasteiger charge is 2.49. The third-order valence-electron chi connectivity index (χ3n) is 14.5. The Bertz CT molecular complexity index is 2390. The van der Waals surface area contributed by atoms with E-state index < -0.39 is 53.3 Å². The van der Waals surface area contributed by atoms with Crippen LogP contribution < -0.4 is 8.85 Å². The molecule has 1 saturated heterocycles. The number of carboxylic acids is 1. The number of benzene rings is 4. The van der Waals surface area contributed by atoms with Crippen LogP contribution in [0, 0.1) is 0 Å². The summed E-state index contributed by atoms with van der Waals surface area (Å²) in [6.07, 6.45) is 6.45. The van der Waals surface area contributed by atoms with E-state index in [9.17, 15) is 9.90 Å². The summed E-state index contributed by atoms with van der Waals surface area (Å²) in [5.74, 6) is 0.703. The number of aliphatic carboxylic acids is 1. The molecule has 0 aromatic heterocycles. The Morgan fingerprint density at radius 2 is 1.12 bits per heavy atom. The van der Waals surface area contributed by atoms with Crippen molar-refractivity contribution >= 4 is 22.6 Å². The standard InChI is InChI=1S/C61H86O10Si2/c1-45(26-24-34-50(58(62)63)35-36-51-39-52(70-72(10,11)60(3,4)5)37-38-53(51)71-73(12,13)61(6,7)8)25-23-27-46(2)40-65-44-54-55(66-41-47-28-17-14-18-29-47)56(67-42-48-30-19-15-20-31-48)57(59(64-9)69-54)68-43-49-32-21-16-22-33-49/h14-22,26-33,35,37-39,54-57,59H,23-25,34,36,40-44H2,1-13H3,(H,62,63)/b45-26+,46-27+,50-35?/t54-,55-,56+,57-,59-/m1/s1. The molecule has 73 heavy (non-hydrogen) atoms. The first-order valence-corrected chi connectivity index (χ1v) is 31.9. The van der Waals surface area contributed by atoms with Gasteiger partial charge in [-0.05, 0) is 117 Å². The molecule has 1 N–H and O–H groups in total. The van der Waals surface area contributed by atoms with E-state index in [1.807, 2.05) is 109 Å². The molecule has 0 amide bonds. The summed E-state index contributed by atoms with van der Waals surface area (Å²) in [6, 6.07) is 36.3. The van der Waals surface area contributed by atoms with Gasteiger partial charge in [-0.3, -0.25) is 0 Å². The molecule has 4 aromatic rings. The number of ether oxygens (including phenoxy) is 6. The zero-order valence-corrected chi connectivity index (χ0v) is 48.2. The van der Waals surface area contributed by atoms with Gasteiger partial charge in [-0.15, -0.1) is 0 Å². The number of methoxy groups -OCH3 is 1. The van der Waals surface area contributed by atoms with Crippen molar-refractivity contribution in [2.75, 3.05) is 20.3 Å². The number of rotatable bonds is 27. The molecule has 5 atom stereocenters. The lowest BCUT2D eigenvalue weighted by Gasteiger charge is -2.45. The van der Waals surface area contributed by atoms with Crippen molar-refractivity contribution < 1.29 is 47.2 Å². The Morgan fingerprint density at radius 1 is 0.630 bits per heavy atom. The minimum absolute atomic E-state index is 0.00470. The molecule has 0 aliphatic carbocycles. The van der Waals surface area contributed by atoms with Gasteiger partial charge in [-0.1, -0.05) is 162 Å². The average Bonchev–Trinajstić information content (AvgIpc) is 3.34. The summed E-state index contributed by atoms with van der Waals surface area (Å²) in [4.78, 5) is 12.6. The molecule has 12 heteroatoms. The molecule has 398 valence electrons. The minimum Gasteiger partial charge on any atom is -0.543 e. The number of carbonyl (C=O) groups is 1. The average molecular weight is 1040 g/mol. The molecule has 1 aliphatic rings. The maximum Gasteiger partial charge on any atom is 0.331 e. The molecule has 0 bridgehead atoms.